The number of carbonyl (C=O) groups excluding carboxylic acids is 1. The fraction of sp³-hybridized carbons (Fsp3) is 0.500. The van der Waals surface area contributed by atoms with Gasteiger partial charge in [-0.05, 0) is 11.1 Å². The van der Waals surface area contributed by atoms with E-state index in [-0.39, 0.29) is 18.4 Å². The Morgan fingerprint density at radius 3 is 2.58 bits per heavy atom. The van der Waals surface area contributed by atoms with Crippen molar-refractivity contribution in [2.75, 3.05) is 20.8 Å². The second-order valence-corrected chi connectivity index (χ2v) is 4.28. The molecule has 5 nitrogen and oxygen atoms in total. The molecule has 1 unspecified atom stereocenters. The number of hydrogen-bond donors (Lipinski definition) is 2. The van der Waals surface area contributed by atoms with Crippen molar-refractivity contribution < 1.29 is 14.3 Å². The highest BCUT2D eigenvalue weighted by molar-refractivity contribution is 5.76. The largest absolute Gasteiger partial charge is 0.380 e. The molecular formula is C14H22N2O3. The van der Waals surface area contributed by atoms with Crippen LogP contribution in [0.4, 0.5) is 0 Å². The summed E-state index contributed by atoms with van der Waals surface area (Å²) in [7, 11) is 3.21. The zero-order chi connectivity index (χ0) is 14.1. The number of ether oxygens (including phenoxy) is 2. The first-order chi connectivity index (χ1) is 9.21. The number of methoxy groups -OCH3 is 2. The number of nitrogens with one attached hydrogen (secondary N) is 1. The summed E-state index contributed by atoms with van der Waals surface area (Å²) >= 11 is 0. The summed E-state index contributed by atoms with van der Waals surface area (Å²) in [6.45, 7) is 1.36. The van der Waals surface area contributed by atoms with Crippen molar-refractivity contribution in [1.29, 1.82) is 0 Å². The summed E-state index contributed by atoms with van der Waals surface area (Å²) in [6, 6.07) is 7.86. The Balaban J connectivity index is 2.50. The van der Waals surface area contributed by atoms with E-state index in [2.05, 4.69) is 5.32 Å². The van der Waals surface area contributed by atoms with E-state index in [9.17, 15) is 4.79 Å². The van der Waals surface area contributed by atoms with Gasteiger partial charge in [-0.1, -0.05) is 24.3 Å². The molecule has 0 aliphatic carbocycles. The Morgan fingerprint density at radius 2 is 2.00 bits per heavy atom. The van der Waals surface area contributed by atoms with Crippen LogP contribution >= 0.6 is 0 Å². The molecule has 1 aromatic carbocycles. The monoisotopic (exact) mass is 266 g/mol. The van der Waals surface area contributed by atoms with Crippen LogP contribution < -0.4 is 11.1 Å². The molecule has 0 aliphatic rings. The molecule has 1 rings (SSSR count). The van der Waals surface area contributed by atoms with Gasteiger partial charge in [-0.2, -0.15) is 0 Å². The van der Waals surface area contributed by atoms with Gasteiger partial charge in [0.1, 0.15) is 0 Å². The number of amides is 1. The van der Waals surface area contributed by atoms with Gasteiger partial charge >= 0.3 is 0 Å². The number of carbonyl (C=O) groups is 1. The van der Waals surface area contributed by atoms with Gasteiger partial charge in [0.25, 0.3) is 0 Å². The molecule has 19 heavy (non-hydrogen) atoms. The highest BCUT2D eigenvalue weighted by atomic mass is 16.5. The van der Waals surface area contributed by atoms with E-state index >= 15 is 0 Å². The summed E-state index contributed by atoms with van der Waals surface area (Å²) < 4.78 is 10.2. The Kier molecular flexibility index (Phi) is 7.10. The predicted octanol–water partition coefficient (Wildman–Crippen LogP) is 0.813. The van der Waals surface area contributed by atoms with Crippen LogP contribution in [-0.4, -0.2) is 32.8 Å². The maximum absolute atomic E-state index is 11.7. The Morgan fingerprint density at radius 1 is 1.32 bits per heavy atom. The molecular weight excluding hydrogens is 244 g/mol. The second kappa shape index (κ2) is 8.63. The summed E-state index contributed by atoms with van der Waals surface area (Å²) in [6.07, 6.45) is 0.0497. The summed E-state index contributed by atoms with van der Waals surface area (Å²) in [5, 5.41) is 2.87. The van der Waals surface area contributed by atoms with Crippen molar-refractivity contribution in [3.8, 4) is 0 Å². The van der Waals surface area contributed by atoms with E-state index in [1.807, 2.05) is 24.3 Å². The molecule has 1 aromatic rings. The first-order valence-corrected chi connectivity index (χ1v) is 6.26. The summed E-state index contributed by atoms with van der Waals surface area (Å²) in [5.74, 6) is -0.0653. The molecule has 3 N–H and O–H groups in total. The quantitative estimate of drug-likeness (QED) is 0.730. The van der Waals surface area contributed by atoms with Crippen molar-refractivity contribution in [3.63, 3.8) is 0 Å². The van der Waals surface area contributed by atoms with E-state index in [1.54, 1.807) is 14.2 Å². The van der Waals surface area contributed by atoms with Crippen molar-refractivity contribution >= 4 is 5.91 Å². The third-order valence-corrected chi connectivity index (χ3v) is 2.90. The lowest BCUT2D eigenvalue weighted by Crippen LogP contribution is -2.32. The van der Waals surface area contributed by atoms with Crippen LogP contribution in [0, 0.1) is 0 Å². The molecule has 5 heteroatoms. The van der Waals surface area contributed by atoms with Crippen molar-refractivity contribution in [2.45, 2.75) is 25.7 Å². The molecule has 0 saturated carbocycles. The molecule has 0 aliphatic heterocycles. The standard InChI is InChI=1S/C14H22N2O3/c1-18-10-12-6-4-3-5-11(12)9-16-14(17)7-13(8-15)19-2/h3-6,13H,7-10,15H2,1-2H3,(H,16,17). The minimum absolute atomic E-state index is 0.0653. The lowest BCUT2D eigenvalue weighted by molar-refractivity contribution is -0.123. The highest BCUT2D eigenvalue weighted by Gasteiger charge is 2.11. The molecule has 0 bridgehead atoms. The Hall–Kier alpha value is -1.43. The van der Waals surface area contributed by atoms with Gasteiger partial charge in [0.05, 0.1) is 19.1 Å². The molecule has 0 aromatic heterocycles. The molecule has 0 spiro atoms. The number of benzene rings is 1. The zero-order valence-electron chi connectivity index (χ0n) is 11.5. The van der Waals surface area contributed by atoms with Gasteiger partial charge in [0.2, 0.25) is 5.91 Å². The van der Waals surface area contributed by atoms with E-state index in [0.717, 1.165) is 11.1 Å². The van der Waals surface area contributed by atoms with Crippen LogP contribution in [0.25, 0.3) is 0 Å². The first kappa shape index (κ1) is 15.6. The van der Waals surface area contributed by atoms with Gasteiger partial charge in [-0.25, -0.2) is 0 Å². The smallest absolute Gasteiger partial charge is 0.222 e. The second-order valence-electron chi connectivity index (χ2n) is 4.28. The van der Waals surface area contributed by atoms with Crippen molar-refractivity contribution in [3.05, 3.63) is 35.4 Å². The Bertz CT molecular complexity index is 392. The van der Waals surface area contributed by atoms with E-state index in [0.29, 0.717) is 19.7 Å². The SMILES string of the molecule is COCc1ccccc1CNC(=O)CC(CN)OC. The lowest BCUT2D eigenvalue weighted by Gasteiger charge is -2.14. The van der Waals surface area contributed by atoms with Crippen molar-refractivity contribution in [1.82, 2.24) is 5.32 Å². The van der Waals surface area contributed by atoms with Crippen LogP contribution in [0.15, 0.2) is 24.3 Å². The van der Waals surface area contributed by atoms with E-state index in [1.165, 1.54) is 0 Å². The predicted molar refractivity (Wildman–Crippen MR) is 73.5 cm³/mol. The number of hydrogen-bond acceptors (Lipinski definition) is 4. The van der Waals surface area contributed by atoms with Gasteiger partial charge in [-0.3, -0.25) is 4.79 Å². The maximum Gasteiger partial charge on any atom is 0.222 e. The zero-order valence-corrected chi connectivity index (χ0v) is 11.5. The first-order valence-electron chi connectivity index (χ1n) is 6.26. The molecule has 0 heterocycles. The van der Waals surface area contributed by atoms with Crippen LogP contribution in [0.1, 0.15) is 17.5 Å². The van der Waals surface area contributed by atoms with Crippen molar-refractivity contribution in [2.24, 2.45) is 5.73 Å². The van der Waals surface area contributed by atoms with Gasteiger partial charge in [-0.15, -0.1) is 0 Å². The minimum Gasteiger partial charge on any atom is -0.380 e. The Labute approximate surface area is 114 Å². The molecule has 1 amide bonds. The van der Waals surface area contributed by atoms with Gasteiger partial charge < -0.3 is 20.5 Å². The molecule has 0 saturated heterocycles. The van der Waals surface area contributed by atoms with E-state index < -0.39 is 0 Å². The fourth-order valence-corrected chi connectivity index (χ4v) is 1.76. The van der Waals surface area contributed by atoms with E-state index in [4.69, 9.17) is 15.2 Å². The molecule has 106 valence electrons. The molecule has 1 atom stereocenters. The maximum atomic E-state index is 11.7. The number of nitrogens with two attached hydrogens (primary N) is 1. The normalized spacial score (nSPS) is 12.2. The number of rotatable bonds is 8. The summed E-state index contributed by atoms with van der Waals surface area (Å²) in [5.41, 5.74) is 7.61. The van der Waals surface area contributed by atoms with Crippen LogP contribution in [0.3, 0.4) is 0 Å². The van der Waals surface area contributed by atoms with Crippen LogP contribution in [-0.2, 0) is 27.4 Å². The average molecular weight is 266 g/mol. The fourth-order valence-electron chi connectivity index (χ4n) is 1.76. The summed E-state index contributed by atoms with van der Waals surface area (Å²) in [4.78, 5) is 11.7. The third kappa shape index (κ3) is 5.38. The highest BCUT2D eigenvalue weighted by Crippen LogP contribution is 2.09. The molecule has 0 fully saturated rings. The third-order valence-electron chi connectivity index (χ3n) is 2.90. The molecule has 0 radical (unpaired) electrons. The minimum atomic E-state index is -0.228. The van der Waals surface area contributed by atoms with Gasteiger partial charge in [0, 0.05) is 27.3 Å². The topological polar surface area (TPSA) is 73.6 Å². The lowest BCUT2D eigenvalue weighted by atomic mass is 10.1. The van der Waals surface area contributed by atoms with Crippen LogP contribution in [0.5, 0.6) is 0 Å². The van der Waals surface area contributed by atoms with Gasteiger partial charge in [0.15, 0.2) is 0 Å². The average Bonchev–Trinajstić information content (AvgIpc) is 2.44. The van der Waals surface area contributed by atoms with Crippen LogP contribution in [0.2, 0.25) is 0 Å².